The van der Waals surface area contributed by atoms with Gasteiger partial charge in [0.05, 0.1) is 11.3 Å². The van der Waals surface area contributed by atoms with E-state index < -0.39 is 12.1 Å². The SMILES string of the molecule is CN(C)C(N)c1nnc(SCC(=O)Nc2sc3c(c2C(N)=O)CCC3)n1-c1ccc(F)cc1. The van der Waals surface area contributed by atoms with Crippen LogP contribution in [0.3, 0.4) is 0 Å². The number of nitrogens with two attached hydrogens (primary N) is 2. The quantitative estimate of drug-likeness (QED) is 0.327. The molecular formula is C21H24FN7O2S2. The fourth-order valence-corrected chi connectivity index (χ4v) is 5.75. The highest BCUT2D eigenvalue weighted by Gasteiger charge is 2.27. The van der Waals surface area contributed by atoms with Crippen LogP contribution in [0, 0.1) is 5.82 Å². The molecule has 0 spiro atoms. The van der Waals surface area contributed by atoms with E-state index in [-0.39, 0.29) is 17.5 Å². The van der Waals surface area contributed by atoms with Crippen molar-refractivity contribution in [2.75, 3.05) is 25.2 Å². The Balaban J connectivity index is 1.55. The average molecular weight is 490 g/mol. The number of thioether (sulfide) groups is 1. The Labute approximate surface area is 198 Å². The minimum Gasteiger partial charge on any atom is -0.365 e. The van der Waals surface area contributed by atoms with Crippen LogP contribution in [-0.4, -0.2) is 51.3 Å². The Morgan fingerprint density at radius 3 is 2.67 bits per heavy atom. The highest BCUT2D eigenvalue weighted by Crippen LogP contribution is 2.39. The number of carbonyl (C=O) groups is 2. The number of amides is 2. The molecule has 33 heavy (non-hydrogen) atoms. The van der Waals surface area contributed by atoms with Crippen LogP contribution in [0.2, 0.25) is 0 Å². The third-order valence-electron chi connectivity index (χ3n) is 5.32. The zero-order chi connectivity index (χ0) is 23.7. The summed E-state index contributed by atoms with van der Waals surface area (Å²) in [6.45, 7) is 0. The number of nitrogens with one attached hydrogen (secondary N) is 1. The Kier molecular flexibility index (Phi) is 6.79. The van der Waals surface area contributed by atoms with E-state index in [1.165, 1.54) is 35.2 Å². The number of aromatic nitrogens is 3. The van der Waals surface area contributed by atoms with Crippen LogP contribution in [0.15, 0.2) is 29.4 Å². The molecule has 1 unspecified atom stereocenters. The van der Waals surface area contributed by atoms with E-state index in [0.717, 1.165) is 29.7 Å². The van der Waals surface area contributed by atoms with E-state index in [9.17, 15) is 14.0 Å². The summed E-state index contributed by atoms with van der Waals surface area (Å²) in [7, 11) is 3.62. The van der Waals surface area contributed by atoms with Gasteiger partial charge in [-0.3, -0.25) is 19.1 Å². The van der Waals surface area contributed by atoms with E-state index in [1.54, 1.807) is 21.6 Å². The smallest absolute Gasteiger partial charge is 0.251 e. The highest BCUT2D eigenvalue weighted by molar-refractivity contribution is 7.99. The van der Waals surface area contributed by atoms with Gasteiger partial charge in [0.1, 0.15) is 17.0 Å². The summed E-state index contributed by atoms with van der Waals surface area (Å²) >= 11 is 2.57. The van der Waals surface area contributed by atoms with E-state index in [2.05, 4.69) is 15.5 Å². The van der Waals surface area contributed by atoms with Crippen LogP contribution in [0.25, 0.3) is 5.69 Å². The van der Waals surface area contributed by atoms with Crippen molar-refractivity contribution in [1.82, 2.24) is 19.7 Å². The van der Waals surface area contributed by atoms with Gasteiger partial charge in [0.15, 0.2) is 11.0 Å². The maximum Gasteiger partial charge on any atom is 0.251 e. The topological polar surface area (TPSA) is 132 Å². The molecule has 9 nitrogen and oxygen atoms in total. The third kappa shape index (κ3) is 4.78. The average Bonchev–Trinajstić information content (AvgIpc) is 3.46. The zero-order valence-electron chi connectivity index (χ0n) is 18.2. The number of thiophene rings is 1. The lowest BCUT2D eigenvalue weighted by atomic mass is 10.1. The van der Waals surface area contributed by atoms with Crippen LogP contribution >= 0.6 is 23.1 Å². The number of hydrogen-bond acceptors (Lipinski definition) is 8. The molecule has 174 valence electrons. The third-order valence-corrected chi connectivity index (χ3v) is 7.45. The molecule has 4 rings (SSSR count). The number of halogens is 1. The number of benzene rings is 1. The molecule has 1 aliphatic rings. The molecule has 1 aliphatic carbocycles. The molecule has 1 aromatic carbocycles. The van der Waals surface area contributed by atoms with Crippen molar-refractivity contribution in [1.29, 1.82) is 0 Å². The monoisotopic (exact) mass is 489 g/mol. The number of anilines is 1. The van der Waals surface area contributed by atoms with E-state index >= 15 is 0 Å². The first-order valence-corrected chi connectivity index (χ1v) is 12.1. The number of hydrogen-bond donors (Lipinski definition) is 3. The maximum atomic E-state index is 13.5. The zero-order valence-corrected chi connectivity index (χ0v) is 19.8. The normalized spacial score (nSPS) is 13.8. The summed E-state index contributed by atoms with van der Waals surface area (Å²) in [5.41, 5.74) is 13.8. The molecule has 2 amide bonds. The van der Waals surface area contributed by atoms with Gasteiger partial charge >= 0.3 is 0 Å². The van der Waals surface area contributed by atoms with Crippen LogP contribution in [0.4, 0.5) is 9.39 Å². The van der Waals surface area contributed by atoms with Gasteiger partial charge in [0, 0.05) is 10.6 Å². The van der Waals surface area contributed by atoms with Gasteiger partial charge in [-0.1, -0.05) is 11.8 Å². The lowest BCUT2D eigenvalue weighted by Gasteiger charge is -2.20. The standard InChI is InChI=1S/C21H24FN7O2S2/c1-28(2)17(23)19-26-27-21(29(19)12-8-6-11(22)7-9-12)32-10-15(30)25-20-16(18(24)31)13-4-3-5-14(13)33-20/h6-9,17H,3-5,10,23H2,1-2H3,(H2,24,31)(H,25,30). The Morgan fingerprint density at radius 2 is 2.00 bits per heavy atom. The summed E-state index contributed by atoms with van der Waals surface area (Å²) in [6, 6.07) is 5.87. The second kappa shape index (κ2) is 9.59. The van der Waals surface area contributed by atoms with Crippen molar-refractivity contribution < 1.29 is 14.0 Å². The summed E-state index contributed by atoms with van der Waals surface area (Å²) in [5.74, 6) is -0.713. The number of rotatable bonds is 8. The lowest BCUT2D eigenvalue weighted by molar-refractivity contribution is -0.113. The van der Waals surface area contributed by atoms with Crippen molar-refractivity contribution in [2.45, 2.75) is 30.6 Å². The van der Waals surface area contributed by atoms with Crippen molar-refractivity contribution in [2.24, 2.45) is 11.5 Å². The molecule has 2 aromatic heterocycles. The van der Waals surface area contributed by atoms with Gasteiger partial charge in [-0.05, 0) is 63.2 Å². The van der Waals surface area contributed by atoms with Crippen molar-refractivity contribution >= 4 is 39.9 Å². The van der Waals surface area contributed by atoms with Crippen molar-refractivity contribution in [3.8, 4) is 5.69 Å². The van der Waals surface area contributed by atoms with Crippen LogP contribution in [0.1, 0.15) is 39.2 Å². The minimum absolute atomic E-state index is 0.0251. The fraction of sp³-hybridized carbons (Fsp3) is 0.333. The van der Waals surface area contributed by atoms with Crippen molar-refractivity contribution in [3.63, 3.8) is 0 Å². The Morgan fingerprint density at radius 1 is 1.27 bits per heavy atom. The van der Waals surface area contributed by atoms with Crippen molar-refractivity contribution in [3.05, 3.63) is 51.9 Å². The predicted octanol–water partition coefficient (Wildman–Crippen LogP) is 2.31. The first-order valence-electron chi connectivity index (χ1n) is 10.3. The van der Waals surface area contributed by atoms with Gasteiger partial charge < -0.3 is 16.8 Å². The van der Waals surface area contributed by atoms with Gasteiger partial charge in [0.25, 0.3) is 5.91 Å². The summed E-state index contributed by atoms with van der Waals surface area (Å²) in [6.07, 6.45) is 2.12. The molecule has 0 fully saturated rings. The number of primary amides is 1. The molecule has 2 heterocycles. The predicted molar refractivity (Wildman–Crippen MR) is 126 cm³/mol. The second-order valence-electron chi connectivity index (χ2n) is 7.82. The Hall–Kier alpha value is -2.80. The summed E-state index contributed by atoms with van der Waals surface area (Å²) in [4.78, 5) is 27.5. The molecule has 1 atom stereocenters. The van der Waals surface area contributed by atoms with Gasteiger partial charge in [-0.15, -0.1) is 21.5 Å². The summed E-state index contributed by atoms with van der Waals surface area (Å²) < 4.78 is 15.2. The molecule has 12 heteroatoms. The number of fused-ring (bicyclic) bond motifs is 1. The largest absolute Gasteiger partial charge is 0.365 e. The maximum absolute atomic E-state index is 13.5. The molecule has 5 N–H and O–H groups in total. The molecule has 0 aliphatic heterocycles. The highest BCUT2D eigenvalue weighted by atomic mass is 32.2. The number of nitrogens with zero attached hydrogens (tertiary/aromatic N) is 4. The molecule has 0 radical (unpaired) electrons. The molecule has 0 bridgehead atoms. The second-order valence-corrected chi connectivity index (χ2v) is 9.87. The lowest BCUT2D eigenvalue weighted by Crippen LogP contribution is -2.30. The fourth-order valence-electron chi connectivity index (χ4n) is 3.68. The number of aryl methyl sites for hydroxylation is 1. The van der Waals surface area contributed by atoms with E-state index in [4.69, 9.17) is 11.5 Å². The first-order chi connectivity index (χ1) is 15.8. The van der Waals surface area contributed by atoms with Gasteiger partial charge in [0.2, 0.25) is 5.91 Å². The van der Waals surface area contributed by atoms with E-state index in [0.29, 0.717) is 27.2 Å². The van der Waals surface area contributed by atoms with Gasteiger partial charge in [-0.25, -0.2) is 4.39 Å². The number of carbonyl (C=O) groups excluding carboxylic acids is 2. The molecule has 0 saturated heterocycles. The van der Waals surface area contributed by atoms with Crippen LogP contribution in [0.5, 0.6) is 0 Å². The minimum atomic E-state index is -0.558. The van der Waals surface area contributed by atoms with Gasteiger partial charge in [-0.2, -0.15) is 0 Å². The van der Waals surface area contributed by atoms with Crippen LogP contribution in [-0.2, 0) is 17.6 Å². The Bertz CT molecular complexity index is 1190. The molecule has 0 saturated carbocycles. The first kappa shape index (κ1) is 23.4. The molecular weight excluding hydrogens is 465 g/mol. The summed E-state index contributed by atoms with van der Waals surface area (Å²) in [5, 5.41) is 12.2. The molecule has 3 aromatic rings. The van der Waals surface area contributed by atoms with Crippen LogP contribution < -0.4 is 16.8 Å². The van der Waals surface area contributed by atoms with E-state index in [1.807, 2.05) is 14.1 Å².